The Hall–Kier alpha value is -1.13. The molecular weight excluding hydrogens is 197 g/mol. The van der Waals surface area contributed by atoms with E-state index in [1.165, 1.54) is 19.2 Å². The number of aliphatic hydroxyl groups excluding tert-OH is 1. The molecule has 2 N–H and O–H groups in total. The molecule has 0 radical (unpaired) electrons. The van der Waals surface area contributed by atoms with Gasteiger partial charge < -0.3 is 15.2 Å². The van der Waals surface area contributed by atoms with Crippen molar-refractivity contribution in [1.29, 1.82) is 0 Å². The third kappa shape index (κ3) is 1.96. The van der Waals surface area contributed by atoms with Gasteiger partial charge in [0.2, 0.25) is 0 Å². The number of ether oxygens (including phenoxy) is 1. The highest BCUT2D eigenvalue weighted by Crippen LogP contribution is 2.31. The predicted octanol–water partition coefficient (Wildman–Crippen LogP) is 1.23. The van der Waals surface area contributed by atoms with Crippen molar-refractivity contribution in [3.05, 3.63) is 29.6 Å². The first-order valence-corrected chi connectivity index (χ1v) is 4.97. The summed E-state index contributed by atoms with van der Waals surface area (Å²) in [6.45, 7) is 0.742. The van der Waals surface area contributed by atoms with Crippen molar-refractivity contribution in [2.75, 3.05) is 13.7 Å². The van der Waals surface area contributed by atoms with Crippen LogP contribution in [0.2, 0.25) is 0 Å². The van der Waals surface area contributed by atoms with Crippen LogP contribution >= 0.6 is 0 Å². The van der Waals surface area contributed by atoms with E-state index in [4.69, 9.17) is 4.74 Å². The molecule has 2 rings (SSSR count). The van der Waals surface area contributed by atoms with Gasteiger partial charge in [-0.25, -0.2) is 4.39 Å². The lowest BCUT2D eigenvalue weighted by molar-refractivity contribution is 0.158. The SMILES string of the molecule is COc1ccc(F)cc1C1NCCC1O. The molecule has 2 atom stereocenters. The third-order valence-electron chi connectivity index (χ3n) is 2.72. The minimum absolute atomic E-state index is 0.226. The highest BCUT2D eigenvalue weighted by atomic mass is 19.1. The summed E-state index contributed by atoms with van der Waals surface area (Å²) in [6.07, 6.45) is 0.213. The average Bonchev–Trinajstić information content (AvgIpc) is 2.64. The number of hydrogen-bond acceptors (Lipinski definition) is 3. The summed E-state index contributed by atoms with van der Waals surface area (Å²) in [6, 6.07) is 4.11. The molecule has 1 aromatic rings. The minimum atomic E-state index is -0.472. The van der Waals surface area contributed by atoms with Crippen LogP contribution in [-0.2, 0) is 0 Å². The van der Waals surface area contributed by atoms with E-state index in [0.29, 0.717) is 17.7 Å². The van der Waals surface area contributed by atoms with Gasteiger partial charge in [0.15, 0.2) is 0 Å². The first kappa shape index (κ1) is 10.4. The number of halogens is 1. The second-order valence-corrected chi connectivity index (χ2v) is 3.67. The van der Waals surface area contributed by atoms with Crippen LogP contribution in [0.15, 0.2) is 18.2 Å². The number of nitrogens with one attached hydrogen (secondary N) is 1. The van der Waals surface area contributed by atoms with Crippen molar-refractivity contribution in [1.82, 2.24) is 5.32 Å². The molecule has 1 aliphatic rings. The fourth-order valence-electron chi connectivity index (χ4n) is 1.95. The summed E-state index contributed by atoms with van der Waals surface area (Å²) in [5.41, 5.74) is 0.683. The smallest absolute Gasteiger partial charge is 0.123 e. The number of methoxy groups -OCH3 is 1. The number of rotatable bonds is 2. The Labute approximate surface area is 87.9 Å². The van der Waals surface area contributed by atoms with Gasteiger partial charge in [-0.1, -0.05) is 0 Å². The second-order valence-electron chi connectivity index (χ2n) is 3.67. The van der Waals surface area contributed by atoms with Gasteiger partial charge in [-0.05, 0) is 31.2 Å². The fraction of sp³-hybridized carbons (Fsp3) is 0.455. The summed E-state index contributed by atoms with van der Waals surface area (Å²) in [5.74, 6) is 0.293. The van der Waals surface area contributed by atoms with E-state index in [1.54, 1.807) is 6.07 Å². The lowest BCUT2D eigenvalue weighted by Gasteiger charge is -2.18. The zero-order chi connectivity index (χ0) is 10.8. The molecule has 1 aromatic carbocycles. The Morgan fingerprint density at radius 1 is 1.53 bits per heavy atom. The molecular formula is C11H14FNO2. The van der Waals surface area contributed by atoms with Gasteiger partial charge in [0, 0.05) is 5.56 Å². The first-order chi connectivity index (χ1) is 7.22. The predicted molar refractivity (Wildman–Crippen MR) is 54.3 cm³/mol. The molecule has 0 saturated carbocycles. The summed E-state index contributed by atoms with van der Waals surface area (Å²) < 4.78 is 18.2. The standard InChI is InChI=1S/C11H14FNO2/c1-15-10-3-2-7(12)6-8(10)11-9(14)4-5-13-11/h2-3,6,9,11,13-14H,4-5H2,1H3. The minimum Gasteiger partial charge on any atom is -0.496 e. The van der Waals surface area contributed by atoms with Crippen molar-refractivity contribution in [2.45, 2.75) is 18.6 Å². The molecule has 1 aliphatic heterocycles. The van der Waals surface area contributed by atoms with Gasteiger partial charge in [0.1, 0.15) is 11.6 Å². The van der Waals surface area contributed by atoms with Crippen molar-refractivity contribution in [3.63, 3.8) is 0 Å². The van der Waals surface area contributed by atoms with Crippen LogP contribution in [-0.4, -0.2) is 24.9 Å². The lowest BCUT2D eigenvalue weighted by atomic mass is 10.0. The summed E-state index contributed by atoms with van der Waals surface area (Å²) in [4.78, 5) is 0. The summed E-state index contributed by atoms with van der Waals surface area (Å²) >= 11 is 0. The maximum absolute atomic E-state index is 13.1. The van der Waals surface area contributed by atoms with Crippen molar-refractivity contribution >= 4 is 0 Å². The zero-order valence-electron chi connectivity index (χ0n) is 8.53. The molecule has 82 valence electrons. The Morgan fingerprint density at radius 2 is 2.33 bits per heavy atom. The molecule has 1 fully saturated rings. The quantitative estimate of drug-likeness (QED) is 0.773. The van der Waals surface area contributed by atoms with Crippen molar-refractivity contribution in [2.24, 2.45) is 0 Å². The maximum Gasteiger partial charge on any atom is 0.123 e. The molecule has 1 saturated heterocycles. The molecule has 0 spiro atoms. The summed E-state index contributed by atoms with van der Waals surface area (Å²) in [7, 11) is 1.54. The van der Waals surface area contributed by atoms with E-state index in [1.807, 2.05) is 0 Å². The molecule has 0 aromatic heterocycles. The fourth-order valence-corrected chi connectivity index (χ4v) is 1.95. The van der Waals surface area contributed by atoms with Crippen LogP contribution in [0.25, 0.3) is 0 Å². The normalized spacial score (nSPS) is 25.5. The van der Waals surface area contributed by atoms with Gasteiger partial charge in [0.25, 0.3) is 0 Å². The van der Waals surface area contributed by atoms with Crippen molar-refractivity contribution in [3.8, 4) is 5.75 Å². The van der Waals surface area contributed by atoms with Crippen LogP contribution in [0.1, 0.15) is 18.0 Å². The Balaban J connectivity index is 2.36. The highest BCUT2D eigenvalue weighted by Gasteiger charge is 2.28. The molecule has 0 amide bonds. The Morgan fingerprint density at radius 3 is 2.93 bits per heavy atom. The van der Waals surface area contributed by atoms with Crippen LogP contribution in [0.4, 0.5) is 4.39 Å². The van der Waals surface area contributed by atoms with Crippen LogP contribution in [0.5, 0.6) is 5.75 Å². The lowest BCUT2D eigenvalue weighted by Crippen LogP contribution is -2.21. The van der Waals surface area contributed by atoms with Gasteiger partial charge in [0.05, 0.1) is 19.3 Å². The van der Waals surface area contributed by atoms with Gasteiger partial charge in [-0.3, -0.25) is 0 Å². The Bertz CT molecular complexity index is 356. The molecule has 1 heterocycles. The van der Waals surface area contributed by atoms with Gasteiger partial charge in [-0.15, -0.1) is 0 Å². The summed E-state index contributed by atoms with van der Waals surface area (Å²) in [5, 5.41) is 12.8. The van der Waals surface area contributed by atoms with E-state index < -0.39 is 6.10 Å². The topological polar surface area (TPSA) is 41.5 Å². The average molecular weight is 211 g/mol. The van der Waals surface area contributed by atoms with E-state index >= 15 is 0 Å². The monoisotopic (exact) mass is 211 g/mol. The molecule has 15 heavy (non-hydrogen) atoms. The molecule has 2 unspecified atom stereocenters. The molecule has 4 heteroatoms. The maximum atomic E-state index is 13.1. The highest BCUT2D eigenvalue weighted by molar-refractivity contribution is 5.37. The molecule has 3 nitrogen and oxygen atoms in total. The number of hydrogen-bond donors (Lipinski definition) is 2. The first-order valence-electron chi connectivity index (χ1n) is 4.97. The van der Waals surface area contributed by atoms with Gasteiger partial charge >= 0.3 is 0 Å². The second kappa shape index (κ2) is 4.16. The van der Waals surface area contributed by atoms with Crippen LogP contribution < -0.4 is 10.1 Å². The van der Waals surface area contributed by atoms with Crippen molar-refractivity contribution < 1.29 is 14.2 Å². The number of aliphatic hydroxyl groups is 1. The third-order valence-corrected chi connectivity index (χ3v) is 2.72. The van der Waals surface area contributed by atoms with E-state index in [9.17, 15) is 9.50 Å². The Kier molecular flexibility index (Phi) is 2.88. The molecule has 0 bridgehead atoms. The van der Waals surface area contributed by atoms with Crippen LogP contribution in [0.3, 0.4) is 0 Å². The van der Waals surface area contributed by atoms with Crippen LogP contribution in [0, 0.1) is 5.82 Å². The van der Waals surface area contributed by atoms with Gasteiger partial charge in [-0.2, -0.15) is 0 Å². The van der Waals surface area contributed by atoms with E-state index in [-0.39, 0.29) is 11.9 Å². The van der Waals surface area contributed by atoms with E-state index in [0.717, 1.165) is 6.54 Å². The molecule has 0 aliphatic carbocycles. The zero-order valence-corrected chi connectivity index (χ0v) is 8.53. The number of benzene rings is 1. The van der Waals surface area contributed by atoms with E-state index in [2.05, 4.69) is 5.32 Å². The largest absolute Gasteiger partial charge is 0.496 e.